The van der Waals surface area contributed by atoms with Crippen LogP contribution in [-0.4, -0.2) is 27.6 Å². The van der Waals surface area contributed by atoms with Crippen molar-refractivity contribution in [3.63, 3.8) is 0 Å². The number of aliphatic hydroxyl groups is 1. The van der Waals surface area contributed by atoms with E-state index in [1.165, 1.54) is 17.3 Å². The maximum atomic E-state index is 13.2. The van der Waals surface area contributed by atoms with Gasteiger partial charge < -0.3 is 10.4 Å². The molecule has 0 aliphatic heterocycles. The second-order valence-corrected chi connectivity index (χ2v) is 10.3. The molecule has 2 aromatic rings. The Hall–Kier alpha value is -1.56. The first-order valence-corrected chi connectivity index (χ1v) is 11.7. The molecule has 6 heteroatoms. The molecule has 4 nitrogen and oxygen atoms in total. The molecule has 2 atom stereocenters. The molecule has 4 fully saturated rings. The Morgan fingerprint density at radius 1 is 1.14 bits per heavy atom. The highest BCUT2D eigenvalue weighted by molar-refractivity contribution is 7.98. The number of benzene rings is 1. The topological polar surface area (TPSA) is 62.2 Å². The molecule has 6 rings (SSSR count). The molecule has 1 amide bonds. The van der Waals surface area contributed by atoms with E-state index in [0.29, 0.717) is 33.5 Å². The largest absolute Gasteiger partial charge is 0.390 e. The molecule has 0 radical (unpaired) electrons. The van der Waals surface area contributed by atoms with Crippen LogP contribution in [0.15, 0.2) is 47.5 Å². The Labute approximate surface area is 180 Å². The summed E-state index contributed by atoms with van der Waals surface area (Å²) in [5, 5.41) is 15.2. The first-order valence-electron chi connectivity index (χ1n) is 10.4. The molecule has 4 aliphatic carbocycles. The van der Waals surface area contributed by atoms with Gasteiger partial charge in [-0.05, 0) is 67.6 Å². The van der Waals surface area contributed by atoms with Crippen LogP contribution in [0.5, 0.6) is 0 Å². The van der Waals surface area contributed by atoms with Crippen LogP contribution in [0.4, 0.5) is 0 Å². The molecule has 4 saturated carbocycles. The van der Waals surface area contributed by atoms with E-state index in [2.05, 4.69) is 22.4 Å². The standard InChI is InChI=1S/C23H25ClN2O2S/c24-19-7-6-18(22(25-19)29-13-14-4-2-1-3-5-14)21(27)26-20-16-8-15-9-17(20)12-23(28,10-15)11-16/h1-7,15-17,20,28H,8-13H2,(H,26,27). The van der Waals surface area contributed by atoms with Gasteiger partial charge in [-0.1, -0.05) is 41.9 Å². The molecule has 1 aromatic carbocycles. The van der Waals surface area contributed by atoms with Crippen LogP contribution in [0.2, 0.25) is 5.15 Å². The minimum Gasteiger partial charge on any atom is -0.390 e. The van der Waals surface area contributed by atoms with E-state index in [1.807, 2.05) is 18.2 Å². The van der Waals surface area contributed by atoms with Crippen molar-refractivity contribution in [2.24, 2.45) is 17.8 Å². The van der Waals surface area contributed by atoms with Gasteiger partial charge in [0.2, 0.25) is 0 Å². The number of amides is 1. The summed E-state index contributed by atoms with van der Waals surface area (Å²) in [4.78, 5) is 17.6. The summed E-state index contributed by atoms with van der Waals surface area (Å²) in [6.07, 6.45) is 4.83. The van der Waals surface area contributed by atoms with E-state index in [9.17, 15) is 9.90 Å². The highest BCUT2D eigenvalue weighted by Crippen LogP contribution is 2.55. The van der Waals surface area contributed by atoms with E-state index >= 15 is 0 Å². The van der Waals surface area contributed by atoms with Crippen LogP contribution < -0.4 is 5.32 Å². The van der Waals surface area contributed by atoms with Crippen molar-refractivity contribution >= 4 is 29.3 Å². The monoisotopic (exact) mass is 428 g/mol. The minimum absolute atomic E-state index is 0.0748. The molecule has 29 heavy (non-hydrogen) atoms. The van der Waals surface area contributed by atoms with Crippen LogP contribution in [-0.2, 0) is 5.75 Å². The van der Waals surface area contributed by atoms with Gasteiger partial charge in [-0.3, -0.25) is 4.79 Å². The zero-order valence-electron chi connectivity index (χ0n) is 16.2. The second kappa shape index (κ2) is 7.60. The summed E-state index contributed by atoms with van der Waals surface area (Å²) in [6, 6.07) is 13.8. The lowest BCUT2D eigenvalue weighted by Gasteiger charge is -2.58. The SMILES string of the molecule is O=C(NC1C2CC3CC1CC(O)(C3)C2)c1ccc(Cl)nc1SCc1ccccc1. The quantitative estimate of drug-likeness (QED) is 0.535. The van der Waals surface area contributed by atoms with Gasteiger partial charge in [-0.25, -0.2) is 4.98 Å². The highest BCUT2D eigenvalue weighted by Gasteiger charge is 2.55. The van der Waals surface area contributed by atoms with Crippen LogP contribution in [0.25, 0.3) is 0 Å². The number of thioether (sulfide) groups is 1. The summed E-state index contributed by atoms with van der Waals surface area (Å²) in [6.45, 7) is 0. The normalized spacial score (nSPS) is 32.3. The predicted molar refractivity (Wildman–Crippen MR) is 115 cm³/mol. The number of halogens is 1. The first kappa shape index (κ1) is 19.4. The second-order valence-electron chi connectivity index (χ2n) is 8.95. The lowest BCUT2D eigenvalue weighted by atomic mass is 9.52. The van der Waals surface area contributed by atoms with Gasteiger partial charge in [0, 0.05) is 11.8 Å². The van der Waals surface area contributed by atoms with Crippen LogP contribution in [0.3, 0.4) is 0 Å². The van der Waals surface area contributed by atoms with E-state index in [-0.39, 0.29) is 11.9 Å². The summed E-state index contributed by atoms with van der Waals surface area (Å²) in [5.41, 5.74) is 1.28. The van der Waals surface area contributed by atoms with Gasteiger partial charge in [0.1, 0.15) is 10.2 Å². The fraction of sp³-hybridized carbons (Fsp3) is 0.478. The summed E-state index contributed by atoms with van der Waals surface area (Å²) < 4.78 is 0. The van der Waals surface area contributed by atoms with Crippen molar-refractivity contribution in [3.05, 3.63) is 58.7 Å². The fourth-order valence-corrected chi connectivity index (χ4v) is 7.05. The van der Waals surface area contributed by atoms with Crippen LogP contribution >= 0.6 is 23.4 Å². The number of rotatable bonds is 5. The third kappa shape index (κ3) is 3.92. The molecule has 1 heterocycles. The molecular formula is C23H25ClN2O2S. The zero-order chi connectivity index (χ0) is 20.0. The Bertz CT molecular complexity index is 906. The maximum absolute atomic E-state index is 13.2. The average molecular weight is 429 g/mol. The molecule has 0 saturated heterocycles. The number of carbonyl (C=O) groups is 1. The van der Waals surface area contributed by atoms with Crippen molar-refractivity contribution in [2.75, 3.05) is 0 Å². The predicted octanol–water partition coefficient (Wildman–Crippen LogP) is 4.70. The van der Waals surface area contributed by atoms with E-state index in [1.54, 1.807) is 12.1 Å². The van der Waals surface area contributed by atoms with Crippen molar-refractivity contribution in [2.45, 2.75) is 54.5 Å². The van der Waals surface area contributed by atoms with Gasteiger partial charge in [0.15, 0.2) is 0 Å². The van der Waals surface area contributed by atoms with Crippen molar-refractivity contribution in [1.82, 2.24) is 10.3 Å². The number of hydrogen-bond acceptors (Lipinski definition) is 4. The first-order chi connectivity index (χ1) is 14.0. The minimum atomic E-state index is -0.490. The number of nitrogens with zero attached hydrogens (tertiary/aromatic N) is 1. The molecule has 2 unspecified atom stereocenters. The smallest absolute Gasteiger partial charge is 0.254 e. The fourth-order valence-electron chi connectivity index (χ4n) is 5.87. The lowest BCUT2D eigenvalue weighted by Crippen LogP contribution is -2.61. The maximum Gasteiger partial charge on any atom is 0.254 e. The molecule has 4 aliphatic rings. The summed E-state index contributed by atoms with van der Waals surface area (Å²) in [7, 11) is 0. The number of carbonyl (C=O) groups excluding carboxylic acids is 1. The van der Waals surface area contributed by atoms with Gasteiger partial charge in [-0.2, -0.15) is 0 Å². The zero-order valence-corrected chi connectivity index (χ0v) is 17.8. The Kier molecular flexibility index (Phi) is 5.09. The van der Waals surface area contributed by atoms with Gasteiger partial charge in [0.25, 0.3) is 5.91 Å². The van der Waals surface area contributed by atoms with Crippen LogP contribution in [0.1, 0.15) is 48.0 Å². The molecule has 0 spiro atoms. The molecule has 152 valence electrons. The number of nitrogens with one attached hydrogen (secondary N) is 1. The Morgan fingerprint density at radius 2 is 1.86 bits per heavy atom. The Balaban J connectivity index is 1.32. The van der Waals surface area contributed by atoms with Gasteiger partial charge >= 0.3 is 0 Å². The number of aromatic nitrogens is 1. The highest BCUT2D eigenvalue weighted by atomic mass is 35.5. The van der Waals surface area contributed by atoms with Crippen molar-refractivity contribution in [3.8, 4) is 0 Å². The van der Waals surface area contributed by atoms with Gasteiger partial charge in [0.05, 0.1) is 11.2 Å². The molecule has 2 N–H and O–H groups in total. The van der Waals surface area contributed by atoms with Crippen molar-refractivity contribution in [1.29, 1.82) is 0 Å². The third-order valence-corrected chi connectivity index (χ3v) is 8.10. The van der Waals surface area contributed by atoms with Gasteiger partial charge in [-0.15, -0.1) is 11.8 Å². The average Bonchev–Trinajstić information content (AvgIpc) is 2.68. The van der Waals surface area contributed by atoms with Crippen molar-refractivity contribution < 1.29 is 9.90 Å². The van der Waals surface area contributed by atoms with E-state index in [0.717, 1.165) is 37.9 Å². The molecule has 4 bridgehead atoms. The molecular weight excluding hydrogens is 404 g/mol. The Morgan fingerprint density at radius 3 is 2.55 bits per heavy atom. The summed E-state index contributed by atoms with van der Waals surface area (Å²) in [5.74, 6) is 2.05. The van der Waals surface area contributed by atoms with E-state index in [4.69, 9.17) is 11.6 Å². The lowest BCUT2D eigenvalue weighted by molar-refractivity contribution is -0.136. The van der Waals surface area contributed by atoms with Crippen LogP contribution in [0, 0.1) is 17.8 Å². The number of pyridine rings is 1. The van der Waals surface area contributed by atoms with E-state index < -0.39 is 5.60 Å². The molecule has 1 aromatic heterocycles. The number of hydrogen-bond donors (Lipinski definition) is 2. The summed E-state index contributed by atoms with van der Waals surface area (Å²) >= 11 is 7.66. The third-order valence-electron chi connectivity index (χ3n) is 6.83.